The second-order valence-electron chi connectivity index (χ2n) is 2.58. The van der Waals surface area contributed by atoms with Gasteiger partial charge in [0.1, 0.15) is 0 Å². The largest absolute Gasteiger partial charge is 0.294 e. The monoisotopic (exact) mass is 124 g/mol. The molecular formula is C8H12O. The molecule has 0 fully saturated rings. The Kier molecular flexibility index (Phi) is 1.70. The van der Waals surface area contributed by atoms with E-state index in [1.165, 1.54) is 12.0 Å². The molecular weight excluding hydrogens is 112 g/mol. The Labute approximate surface area is 55.8 Å². The lowest BCUT2D eigenvalue weighted by Crippen LogP contribution is -2.15. The fraction of sp³-hybridized carbons (Fsp3) is 0.625. The van der Waals surface area contributed by atoms with Gasteiger partial charge in [0.15, 0.2) is 5.78 Å². The highest BCUT2D eigenvalue weighted by atomic mass is 16.1. The molecule has 0 N–H and O–H groups in total. The summed E-state index contributed by atoms with van der Waals surface area (Å²) in [4.78, 5) is 10.7. The Balaban J connectivity index is 2.54. The Bertz CT molecular complexity index is 165. The van der Waals surface area contributed by atoms with Crippen LogP contribution >= 0.6 is 0 Å². The van der Waals surface area contributed by atoms with Crippen molar-refractivity contribution in [3.8, 4) is 0 Å². The van der Waals surface area contributed by atoms with Crippen LogP contribution in [-0.4, -0.2) is 5.78 Å². The molecule has 1 aliphatic rings. The van der Waals surface area contributed by atoms with E-state index in [0.29, 0.717) is 5.78 Å². The van der Waals surface area contributed by atoms with Crippen LogP contribution in [0, 0.1) is 0 Å². The van der Waals surface area contributed by atoms with E-state index >= 15 is 0 Å². The molecule has 0 saturated carbocycles. The third-order valence-corrected chi connectivity index (χ3v) is 1.87. The summed E-state index contributed by atoms with van der Waals surface area (Å²) in [6.07, 6.45) is 3.02. The van der Waals surface area contributed by atoms with Gasteiger partial charge in [-0.3, -0.25) is 4.79 Å². The molecule has 0 radical (unpaired) electrons. The topological polar surface area (TPSA) is 17.1 Å². The SMILES string of the molecule is CCCC1=C(C)C(=O)C1. The molecule has 1 aliphatic carbocycles. The maximum absolute atomic E-state index is 10.7. The maximum atomic E-state index is 10.7. The van der Waals surface area contributed by atoms with Crippen LogP contribution in [0.4, 0.5) is 0 Å². The van der Waals surface area contributed by atoms with Gasteiger partial charge in [0.25, 0.3) is 0 Å². The number of carbonyl (C=O) groups is 1. The zero-order chi connectivity index (χ0) is 6.85. The summed E-state index contributed by atoms with van der Waals surface area (Å²) >= 11 is 0. The molecule has 0 aromatic carbocycles. The van der Waals surface area contributed by atoms with Crippen LogP contribution in [0.15, 0.2) is 11.1 Å². The molecule has 1 nitrogen and oxygen atoms in total. The first-order valence-corrected chi connectivity index (χ1v) is 3.47. The molecule has 0 bridgehead atoms. The molecule has 0 unspecified atom stereocenters. The minimum atomic E-state index is 0.346. The first-order chi connectivity index (χ1) is 4.25. The van der Waals surface area contributed by atoms with Crippen molar-refractivity contribution in [2.24, 2.45) is 0 Å². The third kappa shape index (κ3) is 1.04. The van der Waals surface area contributed by atoms with Gasteiger partial charge in [0.2, 0.25) is 0 Å². The Hall–Kier alpha value is -0.590. The van der Waals surface area contributed by atoms with E-state index in [1.54, 1.807) is 0 Å². The van der Waals surface area contributed by atoms with Crippen LogP contribution in [0.25, 0.3) is 0 Å². The Morgan fingerprint density at radius 2 is 2.22 bits per heavy atom. The van der Waals surface area contributed by atoms with Gasteiger partial charge in [-0.15, -0.1) is 0 Å². The average molecular weight is 124 g/mol. The number of carbonyl (C=O) groups excluding carboxylic acids is 1. The van der Waals surface area contributed by atoms with Gasteiger partial charge in [-0.25, -0.2) is 0 Å². The highest BCUT2D eigenvalue weighted by molar-refractivity contribution is 6.03. The van der Waals surface area contributed by atoms with Crippen molar-refractivity contribution in [3.63, 3.8) is 0 Å². The van der Waals surface area contributed by atoms with Gasteiger partial charge < -0.3 is 0 Å². The maximum Gasteiger partial charge on any atom is 0.162 e. The lowest BCUT2D eigenvalue weighted by atomic mass is 9.86. The van der Waals surface area contributed by atoms with Crippen molar-refractivity contribution in [3.05, 3.63) is 11.1 Å². The smallest absolute Gasteiger partial charge is 0.162 e. The van der Waals surface area contributed by atoms with E-state index < -0.39 is 0 Å². The average Bonchev–Trinajstić information content (AvgIpc) is 1.88. The van der Waals surface area contributed by atoms with E-state index in [4.69, 9.17) is 0 Å². The van der Waals surface area contributed by atoms with Crippen LogP contribution in [0.1, 0.15) is 33.1 Å². The molecule has 0 heterocycles. The standard InChI is InChI=1S/C8H12O/c1-3-4-7-5-8(9)6(7)2/h3-5H2,1-2H3. The second-order valence-corrected chi connectivity index (χ2v) is 2.58. The molecule has 0 saturated heterocycles. The molecule has 9 heavy (non-hydrogen) atoms. The minimum Gasteiger partial charge on any atom is -0.294 e. The first-order valence-electron chi connectivity index (χ1n) is 3.47. The Morgan fingerprint density at radius 1 is 1.56 bits per heavy atom. The first kappa shape index (κ1) is 6.53. The molecule has 1 heteroatoms. The van der Waals surface area contributed by atoms with Crippen molar-refractivity contribution >= 4 is 5.78 Å². The molecule has 0 aromatic heterocycles. The zero-order valence-corrected chi connectivity index (χ0v) is 6.03. The van der Waals surface area contributed by atoms with Gasteiger partial charge in [-0.2, -0.15) is 0 Å². The van der Waals surface area contributed by atoms with Crippen molar-refractivity contribution in [1.82, 2.24) is 0 Å². The molecule has 50 valence electrons. The van der Waals surface area contributed by atoms with Crippen LogP contribution < -0.4 is 0 Å². The van der Waals surface area contributed by atoms with E-state index in [1.807, 2.05) is 6.92 Å². The molecule has 0 amide bonds. The second kappa shape index (κ2) is 2.34. The fourth-order valence-corrected chi connectivity index (χ4v) is 1.13. The van der Waals surface area contributed by atoms with E-state index in [9.17, 15) is 4.79 Å². The summed E-state index contributed by atoms with van der Waals surface area (Å²) < 4.78 is 0. The van der Waals surface area contributed by atoms with Crippen molar-refractivity contribution in [2.45, 2.75) is 33.1 Å². The summed E-state index contributed by atoms with van der Waals surface area (Å²) in [5.74, 6) is 0.346. The fourth-order valence-electron chi connectivity index (χ4n) is 1.13. The third-order valence-electron chi connectivity index (χ3n) is 1.87. The van der Waals surface area contributed by atoms with Gasteiger partial charge in [-0.1, -0.05) is 18.9 Å². The van der Waals surface area contributed by atoms with Crippen molar-refractivity contribution < 1.29 is 4.79 Å². The lowest BCUT2D eigenvalue weighted by molar-refractivity contribution is -0.116. The van der Waals surface area contributed by atoms with Crippen LogP contribution in [0.5, 0.6) is 0 Å². The van der Waals surface area contributed by atoms with Gasteiger partial charge >= 0.3 is 0 Å². The molecule has 1 rings (SSSR count). The van der Waals surface area contributed by atoms with Crippen molar-refractivity contribution in [2.75, 3.05) is 0 Å². The predicted octanol–water partition coefficient (Wildman–Crippen LogP) is 2.08. The van der Waals surface area contributed by atoms with Crippen LogP contribution in [-0.2, 0) is 4.79 Å². The summed E-state index contributed by atoms with van der Waals surface area (Å²) in [5.41, 5.74) is 2.40. The highest BCUT2D eigenvalue weighted by Gasteiger charge is 2.20. The molecule has 0 aliphatic heterocycles. The van der Waals surface area contributed by atoms with Crippen LogP contribution in [0.2, 0.25) is 0 Å². The quantitative estimate of drug-likeness (QED) is 0.550. The lowest BCUT2D eigenvalue weighted by Gasteiger charge is -2.18. The summed E-state index contributed by atoms with van der Waals surface area (Å²) in [7, 11) is 0. The zero-order valence-electron chi connectivity index (χ0n) is 6.03. The number of Topliss-reactive ketones (excluding diaryl/α,β-unsaturated/α-hetero) is 1. The van der Waals surface area contributed by atoms with E-state index in [-0.39, 0.29) is 0 Å². The predicted molar refractivity (Wildman–Crippen MR) is 37.2 cm³/mol. The Morgan fingerprint density at radius 3 is 2.56 bits per heavy atom. The number of hydrogen-bond donors (Lipinski definition) is 0. The summed E-state index contributed by atoms with van der Waals surface area (Å²) in [6, 6.07) is 0. The van der Waals surface area contributed by atoms with E-state index in [2.05, 4.69) is 6.92 Å². The highest BCUT2D eigenvalue weighted by Crippen LogP contribution is 2.26. The molecule has 0 spiro atoms. The number of ketones is 1. The van der Waals surface area contributed by atoms with Gasteiger partial charge in [0, 0.05) is 6.42 Å². The van der Waals surface area contributed by atoms with Gasteiger partial charge in [-0.05, 0) is 18.9 Å². The number of allylic oxidation sites excluding steroid dienone is 2. The van der Waals surface area contributed by atoms with Gasteiger partial charge in [0.05, 0.1) is 0 Å². The van der Waals surface area contributed by atoms with E-state index in [0.717, 1.165) is 18.4 Å². The minimum absolute atomic E-state index is 0.346. The normalized spacial score (nSPS) is 18.2. The summed E-state index contributed by atoms with van der Waals surface area (Å²) in [5, 5.41) is 0. The van der Waals surface area contributed by atoms with Crippen LogP contribution in [0.3, 0.4) is 0 Å². The number of rotatable bonds is 2. The number of hydrogen-bond acceptors (Lipinski definition) is 1. The molecule has 0 aromatic rings. The van der Waals surface area contributed by atoms with Crippen molar-refractivity contribution in [1.29, 1.82) is 0 Å². The summed E-state index contributed by atoms with van der Waals surface area (Å²) in [6.45, 7) is 4.07. The molecule has 0 atom stereocenters.